The van der Waals surface area contributed by atoms with E-state index in [0.717, 1.165) is 22.5 Å². The summed E-state index contributed by atoms with van der Waals surface area (Å²) in [7, 11) is 0. The summed E-state index contributed by atoms with van der Waals surface area (Å²) in [6.45, 7) is 6.24. The van der Waals surface area contributed by atoms with Crippen LogP contribution < -0.4 is 0 Å². The molecule has 0 unspecified atom stereocenters. The Morgan fingerprint density at radius 2 is 1.88 bits per heavy atom. The summed E-state index contributed by atoms with van der Waals surface area (Å²) >= 11 is 0. The van der Waals surface area contributed by atoms with E-state index in [1.54, 1.807) is 6.33 Å². The first-order chi connectivity index (χ1) is 7.68. The molecule has 3 rings (SSSR count). The van der Waals surface area contributed by atoms with Crippen molar-refractivity contribution >= 4 is 16.8 Å². The van der Waals surface area contributed by atoms with Gasteiger partial charge in [-0.15, -0.1) is 0 Å². The first-order valence-electron chi connectivity index (χ1n) is 5.33. The molecule has 0 saturated heterocycles. The Labute approximate surface area is 92.8 Å². The van der Waals surface area contributed by atoms with Crippen LogP contribution >= 0.6 is 0 Å². The zero-order valence-corrected chi connectivity index (χ0v) is 9.55. The third kappa shape index (κ3) is 1.08. The molecule has 0 amide bonds. The maximum atomic E-state index is 4.45. The van der Waals surface area contributed by atoms with Crippen LogP contribution in [0.15, 0.2) is 18.9 Å². The SMILES string of the molecule is Cc1cnc2c3ncn(C(C)C)c3ncn12. The van der Waals surface area contributed by atoms with E-state index in [9.17, 15) is 0 Å². The standard InChI is InChI=1S/C11H13N5/c1-7(2)15-5-13-9-10-12-4-8(3)16(10)6-14-11(9)15/h4-7H,1-3H3. The lowest BCUT2D eigenvalue weighted by Gasteiger charge is -2.06. The van der Waals surface area contributed by atoms with Gasteiger partial charge in [0.05, 0.1) is 6.33 Å². The van der Waals surface area contributed by atoms with Crippen LogP contribution in [0.3, 0.4) is 0 Å². The lowest BCUT2D eigenvalue weighted by Crippen LogP contribution is -2.00. The summed E-state index contributed by atoms with van der Waals surface area (Å²) in [5.41, 5.74) is 3.71. The molecule has 16 heavy (non-hydrogen) atoms. The van der Waals surface area contributed by atoms with Gasteiger partial charge in [0, 0.05) is 17.9 Å². The second-order valence-corrected chi connectivity index (χ2v) is 4.26. The van der Waals surface area contributed by atoms with Crippen molar-refractivity contribution in [3.05, 3.63) is 24.5 Å². The largest absolute Gasteiger partial charge is 0.313 e. The highest BCUT2D eigenvalue weighted by molar-refractivity contribution is 5.85. The predicted molar refractivity (Wildman–Crippen MR) is 61.4 cm³/mol. The van der Waals surface area contributed by atoms with E-state index in [-0.39, 0.29) is 0 Å². The highest BCUT2D eigenvalue weighted by Crippen LogP contribution is 2.19. The number of hydrogen-bond donors (Lipinski definition) is 0. The maximum Gasteiger partial charge on any atom is 0.168 e. The maximum absolute atomic E-state index is 4.45. The van der Waals surface area contributed by atoms with Crippen LogP contribution in [-0.4, -0.2) is 23.9 Å². The van der Waals surface area contributed by atoms with Crippen molar-refractivity contribution in [1.82, 2.24) is 23.9 Å². The first kappa shape index (κ1) is 9.33. The summed E-state index contributed by atoms with van der Waals surface area (Å²) in [5.74, 6) is 0. The molecular formula is C11H13N5. The van der Waals surface area contributed by atoms with E-state index in [2.05, 4.69) is 33.4 Å². The van der Waals surface area contributed by atoms with E-state index < -0.39 is 0 Å². The van der Waals surface area contributed by atoms with E-state index in [1.165, 1.54) is 0 Å². The highest BCUT2D eigenvalue weighted by Gasteiger charge is 2.11. The Morgan fingerprint density at radius 3 is 2.62 bits per heavy atom. The summed E-state index contributed by atoms with van der Waals surface area (Å²) in [6, 6.07) is 0.357. The van der Waals surface area contributed by atoms with Gasteiger partial charge in [-0.3, -0.25) is 4.40 Å². The van der Waals surface area contributed by atoms with Gasteiger partial charge in [0.1, 0.15) is 6.33 Å². The molecule has 3 heterocycles. The number of fused-ring (bicyclic) bond motifs is 3. The number of nitrogens with zero attached hydrogens (tertiary/aromatic N) is 5. The summed E-state index contributed by atoms with van der Waals surface area (Å²) < 4.78 is 4.01. The second kappa shape index (κ2) is 3.04. The molecule has 0 aliphatic carbocycles. The molecule has 82 valence electrons. The van der Waals surface area contributed by atoms with Gasteiger partial charge in [0.25, 0.3) is 0 Å². The summed E-state index contributed by atoms with van der Waals surface area (Å²) in [5, 5.41) is 0. The smallest absolute Gasteiger partial charge is 0.168 e. The minimum atomic E-state index is 0.357. The molecule has 0 radical (unpaired) electrons. The molecule has 0 aromatic carbocycles. The van der Waals surface area contributed by atoms with Crippen molar-refractivity contribution in [1.29, 1.82) is 0 Å². The molecule has 3 aromatic rings. The van der Waals surface area contributed by atoms with Crippen molar-refractivity contribution < 1.29 is 0 Å². The van der Waals surface area contributed by atoms with Crippen molar-refractivity contribution in [2.24, 2.45) is 0 Å². The van der Waals surface area contributed by atoms with Crippen molar-refractivity contribution in [3.63, 3.8) is 0 Å². The quantitative estimate of drug-likeness (QED) is 0.623. The summed E-state index contributed by atoms with van der Waals surface area (Å²) in [6.07, 6.45) is 5.47. The number of rotatable bonds is 1. The predicted octanol–water partition coefficient (Wildman–Crippen LogP) is 1.97. The van der Waals surface area contributed by atoms with Crippen LogP contribution in [-0.2, 0) is 0 Å². The molecule has 0 aliphatic heterocycles. The molecular weight excluding hydrogens is 202 g/mol. The lowest BCUT2D eigenvalue weighted by molar-refractivity contribution is 0.612. The minimum absolute atomic E-state index is 0.357. The van der Waals surface area contributed by atoms with Gasteiger partial charge in [-0.1, -0.05) is 0 Å². The van der Waals surface area contributed by atoms with Gasteiger partial charge in [-0.05, 0) is 20.8 Å². The van der Waals surface area contributed by atoms with Crippen LogP contribution in [0.5, 0.6) is 0 Å². The second-order valence-electron chi connectivity index (χ2n) is 4.26. The zero-order chi connectivity index (χ0) is 11.3. The van der Waals surface area contributed by atoms with Gasteiger partial charge < -0.3 is 4.57 Å². The fourth-order valence-electron chi connectivity index (χ4n) is 1.90. The zero-order valence-electron chi connectivity index (χ0n) is 9.55. The van der Waals surface area contributed by atoms with Crippen LogP contribution in [0.25, 0.3) is 16.8 Å². The molecule has 0 aliphatic rings. The molecule has 0 atom stereocenters. The Kier molecular flexibility index (Phi) is 1.77. The molecule has 0 N–H and O–H groups in total. The third-order valence-corrected chi connectivity index (χ3v) is 2.81. The van der Waals surface area contributed by atoms with Gasteiger partial charge in [-0.2, -0.15) is 0 Å². The molecule has 0 fully saturated rings. The normalized spacial score (nSPS) is 12.0. The van der Waals surface area contributed by atoms with Crippen LogP contribution in [0.4, 0.5) is 0 Å². The molecule has 0 spiro atoms. The van der Waals surface area contributed by atoms with Gasteiger partial charge >= 0.3 is 0 Å². The van der Waals surface area contributed by atoms with Crippen LogP contribution in [0.2, 0.25) is 0 Å². The Balaban J connectivity index is 2.45. The Bertz CT molecular complexity index is 661. The Morgan fingerprint density at radius 1 is 1.06 bits per heavy atom. The van der Waals surface area contributed by atoms with Gasteiger partial charge in [0.15, 0.2) is 16.8 Å². The highest BCUT2D eigenvalue weighted by atomic mass is 15.2. The number of aryl methyl sites for hydroxylation is 1. The third-order valence-electron chi connectivity index (χ3n) is 2.81. The molecule has 5 nitrogen and oxygen atoms in total. The van der Waals surface area contributed by atoms with E-state index in [1.807, 2.05) is 23.8 Å². The fourth-order valence-corrected chi connectivity index (χ4v) is 1.90. The fraction of sp³-hybridized carbons (Fsp3) is 0.364. The van der Waals surface area contributed by atoms with E-state index in [0.29, 0.717) is 6.04 Å². The Hall–Kier alpha value is -1.91. The molecule has 5 heteroatoms. The van der Waals surface area contributed by atoms with E-state index in [4.69, 9.17) is 0 Å². The van der Waals surface area contributed by atoms with Crippen LogP contribution in [0, 0.1) is 6.92 Å². The van der Waals surface area contributed by atoms with Crippen molar-refractivity contribution in [3.8, 4) is 0 Å². The van der Waals surface area contributed by atoms with Crippen molar-refractivity contribution in [2.75, 3.05) is 0 Å². The first-order valence-corrected chi connectivity index (χ1v) is 5.33. The lowest BCUT2D eigenvalue weighted by atomic mass is 10.4. The average molecular weight is 215 g/mol. The average Bonchev–Trinajstić information content (AvgIpc) is 2.81. The molecule has 0 saturated carbocycles. The molecule has 0 bridgehead atoms. The van der Waals surface area contributed by atoms with E-state index >= 15 is 0 Å². The van der Waals surface area contributed by atoms with Crippen LogP contribution in [0.1, 0.15) is 25.6 Å². The number of hydrogen-bond acceptors (Lipinski definition) is 3. The topological polar surface area (TPSA) is 48.0 Å². The number of imidazole rings is 2. The molecule has 3 aromatic heterocycles. The van der Waals surface area contributed by atoms with Gasteiger partial charge in [-0.25, -0.2) is 15.0 Å². The van der Waals surface area contributed by atoms with Gasteiger partial charge in [0.2, 0.25) is 0 Å². The minimum Gasteiger partial charge on any atom is -0.313 e. The number of aromatic nitrogens is 5. The monoisotopic (exact) mass is 215 g/mol. The summed E-state index contributed by atoms with van der Waals surface area (Å²) in [4.78, 5) is 13.2. The van der Waals surface area contributed by atoms with Crippen molar-refractivity contribution in [2.45, 2.75) is 26.8 Å².